The van der Waals surface area contributed by atoms with E-state index in [1.165, 1.54) is 18.2 Å². The van der Waals surface area contributed by atoms with Gasteiger partial charge in [-0.1, -0.05) is 11.6 Å². The van der Waals surface area contributed by atoms with E-state index in [2.05, 4.69) is 0 Å². The number of carboxylic acids is 1. The summed E-state index contributed by atoms with van der Waals surface area (Å²) in [4.78, 5) is 10.6. The third kappa shape index (κ3) is 2.02. The second-order valence-electron chi connectivity index (χ2n) is 2.66. The van der Waals surface area contributed by atoms with Gasteiger partial charge in [-0.25, -0.2) is 0 Å². The van der Waals surface area contributed by atoms with Gasteiger partial charge in [0.2, 0.25) is 0 Å². The highest BCUT2D eigenvalue weighted by atomic mass is 35.5. The van der Waals surface area contributed by atoms with Gasteiger partial charge in [0.25, 0.3) is 0 Å². The standard InChI is InChI=1S/C9H7ClN2O2/c10-6-2-1-5(4-11)7(3-6)8(12)9(13)14/h1-3,8H,12H2,(H,13,14). The molecule has 1 atom stereocenters. The molecule has 0 fully saturated rings. The van der Waals surface area contributed by atoms with Crippen molar-refractivity contribution in [3.05, 3.63) is 34.3 Å². The van der Waals surface area contributed by atoms with Crippen LogP contribution in [0.1, 0.15) is 17.2 Å². The first kappa shape index (κ1) is 10.5. The second kappa shape index (κ2) is 4.09. The SMILES string of the molecule is N#Cc1ccc(Cl)cc1C(N)C(=O)O. The number of nitrogens with two attached hydrogens (primary N) is 1. The highest BCUT2D eigenvalue weighted by Gasteiger charge is 2.18. The minimum absolute atomic E-state index is 0.226. The normalized spacial score (nSPS) is 11.8. The Bertz CT molecular complexity index is 412. The van der Waals surface area contributed by atoms with Gasteiger partial charge in [-0.05, 0) is 23.8 Å². The van der Waals surface area contributed by atoms with Crippen LogP contribution in [0.15, 0.2) is 18.2 Å². The van der Waals surface area contributed by atoms with Crippen LogP contribution in [0, 0.1) is 11.3 Å². The van der Waals surface area contributed by atoms with E-state index in [-0.39, 0.29) is 11.1 Å². The summed E-state index contributed by atoms with van der Waals surface area (Å²) in [6, 6.07) is 4.98. The summed E-state index contributed by atoms with van der Waals surface area (Å²) in [6.07, 6.45) is 0. The van der Waals surface area contributed by atoms with Crippen LogP contribution in [0.5, 0.6) is 0 Å². The first-order chi connectivity index (χ1) is 6.56. The molecule has 0 saturated carbocycles. The minimum Gasteiger partial charge on any atom is -0.480 e. The van der Waals surface area contributed by atoms with E-state index in [0.717, 1.165) is 0 Å². The van der Waals surface area contributed by atoms with E-state index in [1.807, 2.05) is 6.07 Å². The number of rotatable bonds is 2. The molecule has 1 rings (SSSR count). The molecule has 72 valence electrons. The van der Waals surface area contributed by atoms with Crippen LogP contribution >= 0.6 is 11.6 Å². The zero-order valence-electron chi connectivity index (χ0n) is 7.07. The van der Waals surface area contributed by atoms with Crippen molar-refractivity contribution in [3.8, 4) is 6.07 Å². The predicted octanol–water partition coefficient (Wildman–Crippen LogP) is 1.30. The van der Waals surface area contributed by atoms with Gasteiger partial charge in [0.15, 0.2) is 0 Å². The van der Waals surface area contributed by atoms with E-state index in [1.54, 1.807) is 0 Å². The fourth-order valence-electron chi connectivity index (χ4n) is 1.03. The van der Waals surface area contributed by atoms with Crippen molar-refractivity contribution >= 4 is 17.6 Å². The Morgan fingerprint density at radius 2 is 2.29 bits per heavy atom. The number of aliphatic carboxylic acids is 1. The lowest BCUT2D eigenvalue weighted by molar-refractivity contribution is -0.138. The zero-order valence-corrected chi connectivity index (χ0v) is 7.82. The Morgan fingerprint density at radius 3 is 2.79 bits per heavy atom. The Labute approximate surface area is 85.5 Å². The number of hydrogen-bond acceptors (Lipinski definition) is 3. The van der Waals surface area contributed by atoms with E-state index in [4.69, 9.17) is 27.7 Å². The zero-order chi connectivity index (χ0) is 10.7. The summed E-state index contributed by atoms with van der Waals surface area (Å²) in [5.41, 5.74) is 5.83. The molecular formula is C9H7ClN2O2. The van der Waals surface area contributed by atoms with Gasteiger partial charge in [0.1, 0.15) is 6.04 Å². The third-order valence-corrected chi connectivity index (χ3v) is 1.97. The number of carboxylic acid groups (broad SMARTS) is 1. The molecule has 0 bridgehead atoms. The average Bonchev–Trinajstić information content (AvgIpc) is 2.16. The maximum Gasteiger partial charge on any atom is 0.325 e. The number of carbonyl (C=O) groups is 1. The molecule has 1 aromatic rings. The number of hydrogen-bond donors (Lipinski definition) is 2. The Hall–Kier alpha value is -1.57. The molecule has 0 aliphatic rings. The number of nitriles is 1. The van der Waals surface area contributed by atoms with E-state index in [0.29, 0.717) is 5.02 Å². The molecule has 4 nitrogen and oxygen atoms in total. The molecule has 0 radical (unpaired) electrons. The maximum atomic E-state index is 10.6. The lowest BCUT2D eigenvalue weighted by atomic mass is 10.0. The van der Waals surface area contributed by atoms with Crippen molar-refractivity contribution < 1.29 is 9.90 Å². The van der Waals surface area contributed by atoms with Crippen LogP contribution in [0.2, 0.25) is 5.02 Å². The van der Waals surface area contributed by atoms with Crippen molar-refractivity contribution in [1.29, 1.82) is 5.26 Å². The molecule has 0 heterocycles. The van der Waals surface area contributed by atoms with E-state index < -0.39 is 12.0 Å². The van der Waals surface area contributed by atoms with Crippen molar-refractivity contribution in [1.82, 2.24) is 0 Å². The molecular weight excluding hydrogens is 204 g/mol. The highest BCUT2D eigenvalue weighted by molar-refractivity contribution is 6.30. The largest absolute Gasteiger partial charge is 0.480 e. The third-order valence-electron chi connectivity index (χ3n) is 1.74. The van der Waals surface area contributed by atoms with Crippen LogP contribution in [-0.2, 0) is 4.79 Å². The molecule has 1 unspecified atom stereocenters. The van der Waals surface area contributed by atoms with Crippen LogP contribution in [0.4, 0.5) is 0 Å². The Morgan fingerprint density at radius 1 is 1.64 bits per heavy atom. The van der Waals surface area contributed by atoms with Crippen molar-refractivity contribution in [2.45, 2.75) is 6.04 Å². The first-order valence-corrected chi connectivity index (χ1v) is 4.12. The van der Waals surface area contributed by atoms with Gasteiger partial charge in [-0.15, -0.1) is 0 Å². The average molecular weight is 211 g/mol. The minimum atomic E-state index is -1.22. The van der Waals surface area contributed by atoms with Crippen LogP contribution in [0.25, 0.3) is 0 Å². The molecule has 3 N–H and O–H groups in total. The van der Waals surface area contributed by atoms with Gasteiger partial charge in [0, 0.05) is 5.02 Å². The van der Waals surface area contributed by atoms with E-state index >= 15 is 0 Å². The predicted molar refractivity (Wildman–Crippen MR) is 50.7 cm³/mol. The molecule has 0 amide bonds. The number of benzene rings is 1. The fraction of sp³-hybridized carbons (Fsp3) is 0.111. The number of nitrogens with zero attached hydrogens (tertiary/aromatic N) is 1. The topological polar surface area (TPSA) is 87.1 Å². The fourth-order valence-corrected chi connectivity index (χ4v) is 1.21. The van der Waals surface area contributed by atoms with Crippen LogP contribution < -0.4 is 5.73 Å². The van der Waals surface area contributed by atoms with Gasteiger partial charge in [0.05, 0.1) is 11.6 Å². The van der Waals surface area contributed by atoms with Gasteiger partial charge < -0.3 is 10.8 Å². The molecule has 0 aliphatic carbocycles. The molecule has 1 aromatic carbocycles. The van der Waals surface area contributed by atoms with Crippen LogP contribution in [-0.4, -0.2) is 11.1 Å². The quantitative estimate of drug-likeness (QED) is 0.770. The lowest BCUT2D eigenvalue weighted by Gasteiger charge is -2.08. The highest BCUT2D eigenvalue weighted by Crippen LogP contribution is 2.20. The van der Waals surface area contributed by atoms with Crippen LogP contribution in [0.3, 0.4) is 0 Å². The summed E-state index contributed by atoms with van der Waals surface area (Å²) in [6.45, 7) is 0. The summed E-state index contributed by atoms with van der Waals surface area (Å²) in [5, 5.41) is 17.7. The molecule has 0 spiro atoms. The smallest absolute Gasteiger partial charge is 0.325 e. The van der Waals surface area contributed by atoms with Gasteiger partial charge in [-0.3, -0.25) is 4.79 Å². The van der Waals surface area contributed by atoms with Crippen molar-refractivity contribution in [2.24, 2.45) is 5.73 Å². The molecule has 0 saturated heterocycles. The maximum absolute atomic E-state index is 10.6. The van der Waals surface area contributed by atoms with Gasteiger partial charge in [-0.2, -0.15) is 5.26 Å². The second-order valence-corrected chi connectivity index (χ2v) is 3.10. The van der Waals surface area contributed by atoms with Crippen molar-refractivity contribution in [3.63, 3.8) is 0 Å². The van der Waals surface area contributed by atoms with Crippen molar-refractivity contribution in [2.75, 3.05) is 0 Å². The molecule has 5 heteroatoms. The van der Waals surface area contributed by atoms with Gasteiger partial charge >= 0.3 is 5.97 Å². The lowest BCUT2D eigenvalue weighted by Crippen LogP contribution is -2.21. The molecule has 0 aromatic heterocycles. The summed E-state index contributed by atoms with van der Waals surface area (Å²) < 4.78 is 0. The monoisotopic (exact) mass is 210 g/mol. The summed E-state index contributed by atoms with van der Waals surface area (Å²) in [7, 11) is 0. The summed E-state index contributed by atoms with van der Waals surface area (Å²) in [5.74, 6) is -1.19. The van der Waals surface area contributed by atoms with E-state index in [9.17, 15) is 4.79 Å². The first-order valence-electron chi connectivity index (χ1n) is 3.74. The summed E-state index contributed by atoms with van der Waals surface area (Å²) >= 11 is 5.66. The number of halogens is 1. The Balaban J connectivity index is 3.25. The molecule has 0 aliphatic heterocycles. The molecule has 14 heavy (non-hydrogen) atoms. The Kier molecular flexibility index (Phi) is 3.07.